The summed E-state index contributed by atoms with van der Waals surface area (Å²) in [7, 11) is 0. The second-order valence-corrected chi connectivity index (χ2v) is 10.7. The van der Waals surface area contributed by atoms with Crippen LogP contribution in [0.3, 0.4) is 0 Å². The van der Waals surface area contributed by atoms with Gasteiger partial charge in [-0.05, 0) is 55.5 Å². The molecule has 44 heavy (non-hydrogen) atoms. The van der Waals surface area contributed by atoms with Crippen molar-refractivity contribution in [2.75, 3.05) is 19.6 Å². The van der Waals surface area contributed by atoms with E-state index in [0.717, 1.165) is 24.0 Å². The second kappa shape index (κ2) is 16.7. The molecule has 0 aliphatic carbocycles. The molecule has 3 rings (SSSR count). The van der Waals surface area contributed by atoms with Gasteiger partial charge in [-0.3, -0.25) is 19.4 Å². The van der Waals surface area contributed by atoms with Crippen molar-refractivity contribution in [2.45, 2.75) is 52.5 Å². The average Bonchev–Trinajstić information content (AvgIpc) is 3.17. The molecule has 1 atom stereocenters. The predicted molar refractivity (Wildman–Crippen MR) is 177 cm³/mol. The van der Waals surface area contributed by atoms with E-state index in [1.54, 1.807) is 25.1 Å². The highest BCUT2D eigenvalue weighted by Gasteiger charge is 2.21. The third kappa shape index (κ3) is 10.2. The van der Waals surface area contributed by atoms with E-state index >= 15 is 0 Å². The van der Waals surface area contributed by atoms with Gasteiger partial charge in [-0.2, -0.15) is 0 Å². The number of amides is 3. The van der Waals surface area contributed by atoms with Crippen LogP contribution in [0, 0.1) is 0 Å². The first-order valence-electron chi connectivity index (χ1n) is 14.8. The first kappa shape index (κ1) is 33.7. The minimum absolute atomic E-state index is 0.0421. The van der Waals surface area contributed by atoms with Gasteiger partial charge in [-0.25, -0.2) is 4.99 Å². The zero-order chi connectivity index (χ0) is 32.1. The van der Waals surface area contributed by atoms with Crippen LogP contribution in [0.1, 0.15) is 61.5 Å². The lowest BCUT2D eigenvalue weighted by molar-refractivity contribution is -0.127. The minimum atomic E-state index is -0.669. The van der Waals surface area contributed by atoms with Crippen molar-refractivity contribution in [2.24, 2.45) is 21.5 Å². The van der Waals surface area contributed by atoms with Crippen LogP contribution in [0.5, 0.6) is 0 Å². The van der Waals surface area contributed by atoms with Crippen LogP contribution in [0.15, 0.2) is 88.1 Å². The summed E-state index contributed by atoms with van der Waals surface area (Å²) in [5.41, 5.74) is 16.5. The van der Waals surface area contributed by atoms with Crippen molar-refractivity contribution in [1.82, 2.24) is 15.5 Å². The van der Waals surface area contributed by atoms with Gasteiger partial charge in [0.25, 0.3) is 5.91 Å². The number of carbonyl (C=O) groups is 3. The molecule has 0 bridgehead atoms. The molecule has 0 radical (unpaired) electrons. The fraction of sp³-hybridized carbons (Fsp3) is 0.324. The molecular formula is C34H43N7O3. The highest BCUT2D eigenvalue weighted by molar-refractivity contribution is 6.06. The predicted octanol–water partition coefficient (Wildman–Crippen LogP) is 4.02. The number of nitrogens with one attached hydrogen (secondary N) is 2. The van der Waals surface area contributed by atoms with E-state index in [-0.39, 0.29) is 30.7 Å². The van der Waals surface area contributed by atoms with Crippen LogP contribution in [-0.2, 0) is 16.0 Å². The zero-order valence-electron chi connectivity index (χ0n) is 25.8. The van der Waals surface area contributed by atoms with Crippen LogP contribution in [0.25, 0.3) is 6.08 Å². The Balaban J connectivity index is 1.57. The summed E-state index contributed by atoms with van der Waals surface area (Å²) in [4.78, 5) is 49.0. The molecule has 0 spiro atoms. The molecule has 1 aliphatic rings. The fourth-order valence-corrected chi connectivity index (χ4v) is 4.60. The number of carbonyl (C=O) groups excluding carboxylic acids is 3. The lowest BCUT2D eigenvalue weighted by Gasteiger charge is -2.22. The van der Waals surface area contributed by atoms with Crippen LogP contribution in [0.2, 0.25) is 0 Å². The Morgan fingerprint density at radius 3 is 2.50 bits per heavy atom. The van der Waals surface area contributed by atoms with E-state index in [1.165, 1.54) is 12.4 Å². The maximum absolute atomic E-state index is 13.2. The zero-order valence-corrected chi connectivity index (χ0v) is 25.8. The van der Waals surface area contributed by atoms with Crippen LogP contribution in [-0.4, -0.2) is 60.3 Å². The van der Waals surface area contributed by atoms with E-state index < -0.39 is 6.04 Å². The van der Waals surface area contributed by atoms with Crippen molar-refractivity contribution in [3.05, 3.63) is 94.8 Å². The second-order valence-electron chi connectivity index (χ2n) is 10.7. The van der Waals surface area contributed by atoms with Crippen LogP contribution >= 0.6 is 0 Å². The number of fused-ring (bicyclic) bond motifs is 1. The summed E-state index contributed by atoms with van der Waals surface area (Å²) >= 11 is 0. The Kier molecular flexibility index (Phi) is 12.8. The fourth-order valence-electron chi connectivity index (χ4n) is 4.60. The SMILES string of the molecule is C=C(C=N/C=C(\C)NC(=O)c1ccc2c(c1)N=C(N)CC(C(=O)N(CCC)CCC)=C2)CNC(=O)C(N)Cc1ccccc1. The quantitative estimate of drug-likeness (QED) is 0.242. The smallest absolute Gasteiger partial charge is 0.255 e. The highest BCUT2D eigenvalue weighted by atomic mass is 16.2. The number of allylic oxidation sites excluding steroid dienone is 1. The number of nitrogens with zero attached hydrogens (tertiary/aromatic N) is 3. The van der Waals surface area contributed by atoms with Crippen molar-refractivity contribution in [3.63, 3.8) is 0 Å². The molecule has 232 valence electrons. The van der Waals surface area contributed by atoms with E-state index in [4.69, 9.17) is 11.5 Å². The summed E-state index contributed by atoms with van der Waals surface area (Å²) in [6.07, 6.45) is 7.23. The van der Waals surface area contributed by atoms with Gasteiger partial charge in [-0.1, -0.05) is 56.8 Å². The topological polar surface area (TPSA) is 155 Å². The minimum Gasteiger partial charge on any atom is -0.387 e. The Labute approximate surface area is 259 Å². The van der Waals surface area contributed by atoms with Gasteiger partial charge in [0.15, 0.2) is 0 Å². The normalized spacial score (nSPS) is 13.7. The molecule has 3 amide bonds. The summed E-state index contributed by atoms with van der Waals surface area (Å²) in [6, 6.07) is 14.0. The Morgan fingerprint density at radius 2 is 1.82 bits per heavy atom. The molecular weight excluding hydrogens is 554 g/mol. The van der Waals surface area contributed by atoms with Gasteiger partial charge in [0, 0.05) is 60.9 Å². The van der Waals surface area contributed by atoms with Crippen molar-refractivity contribution >= 4 is 41.5 Å². The molecule has 2 aromatic rings. The maximum atomic E-state index is 13.2. The molecule has 10 nitrogen and oxygen atoms in total. The number of hydrogen-bond donors (Lipinski definition) is 4. The van der Waals surface area contributed by atoms with Crippen molar-refractivity contribution in [3.8, 4) is 0 Å². The molecule has 0 saturated heterocycles. The van der Waals surface area contributed by atoms with Crippen LogP contribution < -0.4 is 22.1 Å². The number of benzene rings is 2. The molecule has 1 heterocycles. The van der Waals surface area contributed by atoms with Gasteiger partial charge in [0.1, 0.15) is 5.84 Å². The molecule has 0 aromatic heterocycles. The summed E-state index contributed by atoms with van der Waals surface area (Å²) in [5, 5.41) is 5.56. The lowest BCUT2D eigenvalue weighted by atomic mass is 10.0. The largest absolute Gasteiger partial charge is 0.387 e. The van der Waals surface area contributed by atoms with E-state index in [9.17, 15) is 14.4 Å². The standard InChI is InChI=1S/C34H43N7O3/c1-5-14-41(15-6-2)34(44)28-17-26-12-13-27(18-30(26)40-31(36)19-28)32(42)39-24(4)22-37-20-23(3)21-38-33(43)29(35)16-25-10-8-7-9-11-25/h7-13,17-18,20,22,29H,3,5-6,14-16,19,21,35H2,1-2,4H3,(H2,36,40)(H,38,43)(H,39,42)/b24-22+,37-20?. The summed E-state index contributed by atoms with van der Waals surface area (Å²) < 4.78 is 0. The van der Waals surface area contributed by atoms with E-state index in [1.807, 2.05) is 55.2 Å². The molecule has 10 heteroatoms. The molecule has 0 fully saturated rings. The monoisotopic (exact) mass is 597 g/mol. The van der Waals surface area contributed by atoms with Gasteiger partial charge < -0.3 is 27.0 Å². The Bertz CT molecular complexity index is 1470. The molecule has 2 aromatic carbocycles. The molecule has 0 saturated carbocycles. The maximum Gasteiger partial charge on any atom is 0.255 e. The van der Waals surface area contributed by atoms with E-state index in [2.05, 4.69) is 27.2 Å². The Morgan fingerprint density at radius 1 is 1.11 bits per heavy atom. The first-order valence-corrected chi connectivity index (χ1v) is 14.8. The van der Waals surface area contributed by atoms with Gasteiger partial charge >= 0.3 is 0 Å². The molecule has 6 N–H and O–H groups in total. The average molecular weight is 598 g/mol. The van der Waals surface area contributed by atoms with Crippen molar-refractivity contribution < 1.29 is 14.4 Å². The third-order valence-electron chi connectivity index (χ3n) is 6.77. The van der Waals surface area contributed by atoms with Gasteiger partial charge in [-0.15, -0.1) is 0 Å². The summed E-state index contributed by atoms with van der Waals surface area (Å²) in [6.45, 7) is 11.3. The lowest BCUT2D eigenvalue weighted by Crippen LogP contribution is -2.42. The van der Waals surface area contributed by atoms with Crippen LogP contribution in [0.4, 0.5) is 5.69 Å². The molecule has 1 aliphatic heterocycles. The first-order chi connectivity index (χ1) is 21.1. The number of amidine groups is 1. The Hall–Kier alpha value is -4.83. The summed E-state index contributed by atoms with van der Waals surface area (Å²) in [5.74, 6) is -0.346. The highest BCUT2D eigenvalue weighted by Crippen LogP contribution is 2.28. The third-order valence-corrected chi connectivity index (χ3v) is 6.77. The van der Waals surface area contributed by atoms with Gasteiger partial charge in [0.05, 0.1) is 11.7 Å². The number of nitrogens with two attached hydrogens (primary N) is 2. The molecule has 1 unspecified atom stereocenters. The number of aliphatic imine (C=N–C) groups is 2. The number of rotatable bonds is 14. The van der Waals surface area contributed by atoms with Crippen molar-refractivity contribution in [1.29, 1.82) is 0 Å². The number of hydrogen-bond acceptors (Lipinski definition) is 7. The van der Waals surface area contributed by atoms with Gasteiger partial charge in [0.2, 0.25) is 11.8 Å². The van der Waals surface area contributed by atoms with E-state index in [0.29, 0.717) is 53.4 Å².